The Morgan fingerprint density at radius 2 is 2.00 bits per heavy atom. The van der Waals surface area contributed by atoms with Crippen LogP contribution in [0.15, 0.2) is 12.3 Å². The van der Waals surface area contributed by atoms with Gasteiger partial charge in [-0.15, -0.1) is 0 Å². The molecule has 11 heavy (non-hydrogen) atoms. The van der Waals surface area contributed by atoms with Crippen molar-refractivity contribution in [2.75, 3.05) is 0 Å². The monoisotopic (exact) mass is 156 g/mol. The van der Waals surface area contributed by atoms with Crippen LogP contribution in [-0.4, -0.2) is 6.10 Å². The van der Waals surface area contributed by atoms with Crippen molar-refractivity contribution in [3.05, 3.63) is 12.3 Å². The van der Waals surface area contributed by atoms with E-state index in [1.807, 2.05) is 13.8 Å². The molecule has 0 radical (unpaired) electrons. The molecule has 0 aromatic heterocycles. The maximum absolute atomic E-state index is 5.40. The summed E-state index contributed by atoms with van der Waals surface area (Å²) in [5.74, 6) is 0.938. The molecule has 0 aromatic carbocycles. The Morgan fingerprint density at radius 1 is 1.36 bits per heavy atom. The first kappa shape index (κ1) is 10.5. The molecule has 1 nitrogen and oxygen atoms in total. The molecular formula is C10H20O. The Balaban J connectivity index is 3.23. The van der Waals surface area contributed by atoms with Gasteiger partial charge < -0.3 is 4.74 Å². The first-order chi connectivity index (χ1) is 5.16. The lowest BCUT2D eigenvalue weighted by Gasteiger charge is -2.11. The molecule has 0 fully saturated rings. The molecule has 0 saturated heterocycles. The smallest absolute Gasteiger partial charge is 0.0926 e. The molecule has 0 N–H and O–H groups in total. The van der Waals surface area contributed by atoms with Crippen molar-refractivity contribution in [3.8, 4) is 0 Å². The largest absolute Gasteiger partial charge is 0.496 e. The Kier molecular flexibility index (Phi) is 6.00. The highest BCUT2D eigenvalue weighted by atomic mass is 16.5. The third kappa shape index (κ3) is 7.44. The minimum Gasteiger partial charge on any atom is -0.496 e. The zero-order valence-corrected chi connectivity index (χ0v) is 8.02. The minimum atomic E-state index is 0.282. The molecule has 0 aliphatic heterocycles. The van der Waals surface area contributed by atoms with Gasteiger partial charge in [-0.1, -0.05) is 26.3 Å². The zero-order chi connectivity index (χ0) is 8.69. The van der Waals surface area contributed by atoms with Crippen molar-refractivity contribution in [1.82, 2.24) is 0 Å². The number of ether oxygens (including phenoxy) is 1. The minimum absolute atomic E-state index is 0.282. The summed E-state index contributed by atoms with van der Waals surface area (Å²) in [6.45, 7) is 10.1. The SMILES string of the molecule is C=C(CCCCC)OC(C)C. The zero-order valence-electron chi connectivity index (χ0n) is 8.02. The van der Waals surface area contributed by atoms with Crippen molar-refractivity contribution in [2.45, 2.75) is 52.6 Å². The Hall–Kier alpha value is -0.460. The first-order valence-corrected chi connectivity index (χ1v) is 4.51. The average Bonchev–Trinajstić information content (AvgIpc) is 1.86. The van der Waals surface area contributed by atoms with Crippen LogP contribution < -0.4 is 0 Å². The summed E-state index contributed by atoms with van der Waals surface area (Å²) in [5, 5.41) is 0. The summed E-state index contributed by atoms with van der Waals surface area (Å²) in [5.41, 5.74) is 0. The Morgan fingerprint density at radius 3 is 2.45 bits per heavy atom. The standard InChI is InChI=1S/C10H20O/c1-5-6-7-8-10(4)11-9(2)3/h9H,4-8H2,1-3H3. The lowest BCUT2D eigenvalue weighted by Crippen LogP contribution is -2.01. The van der Waals surface area contributed by atoms with Gasteiger partial charge >= 0.3 is 0 Å². The van der Waals surface area contributed by atoms with Gasteiger partial charge in [0.15, 0.2) is 0 Å². The van der Waals surface area contributed by atoms with Crippen LogP contribution in [0.2, 0.25) is 0 Å². The van der Waals surface area contributed by atoms with E-state index < -0.39 is 0 Å². The van der Waals surface area contributed by atoms with Crippen molar-refractivity contribution in [2.24, 2.45) is 0 Å². The molecule has 0 aliphatic carbocycles. The molecule has 0 heterocycles. The van der Waals surface area contributed by atoms with E-state index in [1.165, 1.54) is 19.3 Å². The van der Waals surface area contributed by atoms with Gasteiger partial charge in [0.05, 0.1) is 11.9 Å². The highest BCUT2D eigenvalue weighted by molar-refractivity contribution is 4.82. The molecule has 0 rings (SSSR count). The quantitative estimate of drug-likeness (QED) is 0.422. The highest BCUT2D eigenvalue weighted by Gasteiger charge is 1.97. The Bertz CT molecular complexity index is 105. The van der Waals surface area contributed by atoms with Crippen LogP contribution in [0, 0.1) is 0 Å². The van der Waals surface area contributed by atoms with Gasteiger partial charge in [0.2, 0.25) is 0 Å². The molecule has 66 valence electrons. The fourth-order valence-electron chi connectivity index (χ4n) is 0.964. The third-order valence-electron chi connectivity index (χ3n) is 1.46. The second-order valence-electron chi connectivity index (χ2n) is 3.16. The molecule has 0 spiro atoms. The van der Waals surface area contributed by atoms with Crippen LogP contribution in [0.4, 0.5) is 0 Å². The van der Waals surface area contributed by atoms with E-state index in [4.69, 9.17) is 4.74 Å². The number of allylic oxidation sites excluding steroid dienone is 1. The first-order valence-electron chi connectivity index (χ1n) is 4.51. The summed E-state index contributed by atoms with van der Waals surface area (Å²) in [4.78, 5) is 0. The van der Waals surface area contributed by atoms with Crippen molar-refractivity contribution in [1.29, 1.82) is 0 Å². The fraction of sp³-hybridized carbons (Fsp3) is 0.800. The van der Waals surface area contributed by atoms with Gasteiger partial charge in [0, 0.05) is 6.42 Å². The van der Waals surface area contributed by atoms with Crippen LogP contribution in [-0.2, 0) is 4.74 Å². The third-order valence-corrected chi connectivity index (χ3v) is 1.46. The summed E-state index contributed by atoms with van der Waals surface area (Å²) >= 11 is 0. The highest BCUT2D eigenvalue weighted by Crippen LogP contribution is 2.09. The van der Waals surface area contributed by atoms with E-state index in [1.54, 1.807) is 0 Å². The predicted molar refractivity (Wildman–Crippen MR) is 49.5 cm³/mol. The van der Waals surface area contributed by atoms with Crippen LogP contribution >= 0.6 is 0 Å². The molecule has 0 aromatic rings. The molecule has 0 amide bonds. The maximum atomic E-state index is 5.40. The van der Waals surface area contributed by atoms with Gasteiger partial charge in [0.25, 0.3) is 0 Å². The summed E-state index contributed by atoms with van der Waals surface area (Å²) in [6.07, 6.45) is 5.05. The van der Waals surface area contributed by atoms with E-state index >= 15 is 0 Å². The fourth-order valence-corrected chi connectivity index (χ4v) is 0.964. The summed E-state index contributed by atoms with van der Waals surface area (Å²) in [6, 6.07) is 0. The van der Waals surface area contributed by atoms with Crippen LogP contribution in [0.3, 0.4) is 0 Å². The van der Waals surface area contributed by atoms with E-state index in [9.17, 15) is 0 Å². The summed E-state index contributed by atoms with van der Waals surface area (Å²) in [7, 11) is 0. The predicted octanol–water partition coefficient (Wildman–Crippen LogP) is 3.51. The lowest BCUT2D eigenvalue weighted by atomic mass is 10.2. The number of unbranched alkanes of at least 4 members (excludes halogenated alkanes) is 2. The normalized spacial score (nSPS) is 10.2. The molecule has 0 saturated carbocycles. The molecule has 0 atom stereocenters. The number of rotatable bonds is 6. The lowest BCUT2D eigenvalue weighted by molar-refractivity contribution is 0.140. The number of hydrogen-bond donors (Lipinski definition) is 0. The van der Waals surface area contributed by atoms with Crippen molar-refractivity contribution in [3.63, 3.8) is 0 Å². The van der Waals surface area contributed by atoms with Gasteiger partial charge in [-0.3, -0.25) is 0 Å². The van der Waals surface area contributed by atoms with E-state index in [2.05, 4.69) is 13.5 Å². The molecule has 1 heteroatoms. The van der Waals surface area contributed by atoms with Gasteiger partial charge in [-0.25, -0.2) is 0 Å². The van der Waals surface area contributed by atoms with E-state index in [-0.39, 0.29) is 6.10 Å². The van der Waals surface area contributed by atoms with Crippen LogP contribution in [0.1, 0.15) is 46.5 Å². The van der Waals surface area contributed by atoms with Crippen molar-refractivity contribution >= 4 is 0 Å². The van der Waals surface area contributed by atoms with Gasteiger partial charge in [-0.2, -0.15) is 0 Å². The summed E-state index contributed by atoms with van der Waals surface area (Å²) < 4.78 is 5.40. The molecule has 0 bridgehead atoms. The van der Waals surface area contributed by atoms with Crippen molar-refractivity contribution < 1.29 is 4.74 Å². The van der Waals surface area contributed by atoms with Gasteiger partial charge in [-0.05, 0) is 20.3 Å². The average molecular weight is 156 g/mol. The number of hydrogen-bond acceptors (Lipinski definition) is 1. The molecule has 0 aliphatic rings. The topological polar surface area (TPSA) is 9.23 Å². The Labute approximate surface area is 70.4 Å². The van der Waals surface area contributed by atoms with E-state index in [0.717, 1.165) is 12.2 Å². The molecule has 0 unspecified atom stereocenters. The van der Waals surface area contributed by atoms with Crippen LogP contribution in [0.5, 0.6) is 0 Å². The van der Waals surface area contributed by atoms with E-state index in [0.29, 0.717) is 0 Å². The van der Waals surface area contributed by atoms with Gasteiger partial charge in [0.1, 0.15) is 0 Å². The maximum Gasteiger partial charge on any atom is 0.0926 e. The van der Waals surface area contributed by atoms with Crippen LogP contribution in [0.25, 0.3) is 0 Å². The second-order valence-corrected chi connectivity index (χ2v) is 3.16. The molecular weight excluding hydrogens is 136 g/mol. The second kappa shape index (κ2) is 6.26.